The van der Waals surface area contributed by atoms with E-state index >= 15 is 0 Å². The van der Waals surface area contributed by atoms with E-state index in [4.69, 9.17) is 0 Å². The summed E-state index contributed by atoms with van der Waals surface area (Å²) in [6.07, 6.45) is 13.1. The lowest BCUT2D eigenvalue weighted by Crippen LogP contribution is -2.51. The second kappa shape index (κ2) is 13.7. The first kappa shape index (κ1) is 28.7. The minimum absolute atomic E-state index is 0.0548. The van der Waals surface area contributed by atoms with Crippen LogP contribution in [0.4, 0.5) is 0 Å². The molecule has 0 aromatic heterocycles. The number of aliphatic hydroxyl groups is 3. The van der Waals surface area contributed by atoms with Crippen molar-refractivity contribution in [3.05, 3.63) is 47.1 Å². The topological polar surface area (TPSA) is 125 Å². The zero-order valence-electron chi connectivity index (χ0n) is 22.5. The van der Waals surface area contributed by atoms with Gasteiger partial charge in [0.1, 0.15) is 6.23 Å². The summed E-state index contributed by atoms with van der Waals surface area (Å²) in [6, 6.07) is -0.988. The first-order valence-corrected chi connectivity index (χ1v) is 14.1. The molecule has 2 amide bonds. The molecule has 2 saturated heterocycles. The highest BCUT2D eigenvalue weighted by atomic mass is 16.3. The van der Waals surface area contributed by atoms with Crippen LogP contribution < -0.4 is 10.6 Å². The number of nitrogens with zero attached hydrogens (tertiary/aromatic N) is 2. The monoisotopic (exact) mass is 528 g/mol. The number of hydrogen-bond acceptors (Lipinski definition) is 7. The van der Waals surface area contributed by atoms with Crippen LogP contribution in [0, 0.1) is 0 Å². The summed E-state index contributed by atoms with van der Waals surface area (Å²) in [5.74, 6) is -0.514. The summed E-state index contributed by atoms with van der Waals surface area (Å²) >= 11 is 0. The van der Waals surface area contributed by atoms with Crippen molar-refractivity contribution < 1.29 is 24.9 Å². The number of aliphatic hydroxyl groups excluding tert-OH is 3. The Morgan fingerprint density at radius 3 is 2.66 bits per heavy atom. The Balaban J connectivity index is 1.40. The summed E-state index contributed by atoms with van der Waals surface area (Å²) in [4.78, 5) is 30.6. The second-order valence-electron chi connectivity index (χ2n) is 11.0. The summed E-state index contributed by atoms with van der Waals surface area (Å²) in [5, 5.41) is 37.6. The Hall–Kier alpha value is -2.30. The van der Waals surface area contributed by atoms with E-state index in [1.807, 2.05) is 6.08 Å². The van der Waals surface area contributed by atoms with Gasteiger partial charge in [-0.1, -0.05) is 36.0 Å². The van der Waals surface area contributed by atoms with Crippen LogP contribution in [0.2, 0.25) is 0 Å². The van der Waals surface area contributed by atoms with Crippen LogP contribution in [-0.4, -0.2) is 100 Å². The van der Waals surface area contributed by atoms with Gasteiger partial charge in [-0.2, -0.15) is 0 Å². The molecule has 4 rings (SSSR count). The van der Waals surface area contributed by atoms with Crippen molar-refractivity contribution in [2.75, 3.05) is 32.7 Å². The number of carbonyl (C=O) groups is 2. The highest BCUT2D eigenvalue weighted by Gasteiger charge is 2.39. The van der Waals surface area contributed by atoms with E-state index in [1.165, 1.54) is 12.8 Å². The number of hydrogen-bond donors (Lipinski definition) is 5. The van der Waals surface area contributed by atoms with E-state index in [0.29, 0.717) is 37.0 Å². The van der Waals surface area contributed by atoms with Gasteiger partial charge in [-0.3, -0.25) is 14.9 Å². The molecule has 4 aliphatic rings. The van der Waals surface area contributed by atoms with Gasteiger partial charge in [0.05, 0.1) is 18.2 Å². The summed E-state index contributed by atoms with van der Waals surface area (Å²) in [5.41, 5.74) is 2.13. The average molecular weight is 529 g/mol. The third kappa shape index (κ3) is 7.64. The van der Waals surface area contributed by atoms with Crippen molar-refractivity contribution in [3.63, 3.8) is 0 Å². The van der Waals surface area contributed by atoms with Crippen molar-refractivity contribution in [3.8, 4) is 0 Å². The molecule has 0 spiro atoms. The molecule has 9 nitrogen and oxygen atoms in total. The van der Waals surface area contributed by atoms with E-state index < -0.39 is 30.5 Å². The fourth-order valence-corrected chi connectivity index (χ4v) is 5.87. The fraction of sp³-hybridized carbons (Fsp3) is 0.655. The van der Waals surface area contributed by atoms with Crippen LogP contribution in [-0.2, 0) is 9.59 Å². The third-order valence-electron chi connectivity index (χ3n) is 8.11. The predicted octanol–water partition coefficient (Wildman–Crippen LogP) is 1.13. The Kier molecular flexibility index (Phi) is 10.3. The van der Waals surface area contributed by atoms with Gasteiger partial charge in [-0.05, 0) is 70.5 Å². The van der Waals surface area contributed by atoms with E-state index in [2.05, 4.69) is 27.7 Å². The smallest absolute Gasteiger partial charge is 0.251 e. The largest absolute Gasteiger partial charge is 0.391 e. The van der Waals surface area contributed by atoms with Crippen molar-refractivity contribution >= 4 is 11.8 Å². The quantitative estimate of drug-likeness (QED) is 0.255. The molecule has 2 heterocycles. The molecular weight excluding hydrogens is 484 g/mol. The first-order chi connectivity index (χ1) is 18.3. The Bertz CT molecular complexity index is 968. The molecule has 2 aliphatic carbocycles. The maximum Gasteiger partial charge on any atom is 0.251 e. The van der Waals surface area contributed by atoms with Gasteiger partial charge in [0.15, 0.2) is 0 Å². The maximum atomic E-state index is 13.5. The molecule has 2 fully saturated rings. The normalized spacial score (nSPS) is 27.5. The molecule has 9 heteroatoms. The molecule has 0 bridgehead atoms. The summed E-state index contributed by atoms with van der Waals surface area (Å²) < 4.78 is 0. The second-order valence-corrected chi connectivity index (χ2v) is 11.0. The van der Waals surface area contributed by atoms with Gasteiger partial charge in [0, 0.05) is 37.7 Å². The van der Waals surface area contributed by atoms with Gasteiger partial charge in [0.2, 0.25) is 5.91 Å². The van der Waals surface area contributed by atoms with Crippen molar-refractivity contribution in [2.24, 2.45) is 0 Å². The number of β-amino-alcohol motifs (C(OH)–C–C–N with tert-alkyl or cyclic N) is 1. The molecule has 0 aromatic carbocycles. The van der Waals surface area contributed by atoms with Gasteiger partial charge >= 0.3 is 0 Å². The number of rotatable bonds is 11. The average Bonchev–Trinajstić information content (AvgIpc) is 3.56. The van der Waals surface area contributed by atoms with Crippen molar-refractivity contribution in [2.45, 2.75) is 88.8 Å². The number of allylic oxidation sites excluding steroid dienone is 3. The summed E-state index contributed by atoms with van der Waals surface area (Å²) in [7, 11) is 0. The lowest BCUT2D eigenvalue weighted by molar-refractivity contribution is -0.135. The van der Waals surface area contributed by atoms with Gasteiger partial charge in [-0.25, -0.2) is 0 Å². The predicted molar refractivity (Wildman–Crippen MR) is 146 cm³/mol. The molecule has 5 N–H and O–H groups in total. The van der Waals surface area contributed by atoms with Crippen molar-refractivity contribution in [1.29, 1.82) is 0 Å². The molecule has 5 atom stereocenters. The van der Waals surface area contributed by atoms with Gasteiger partial charge in [0.25, 0.3) is 5.91 Å². The molecule has 0 aromatic rings. The van der Waals surface area contributed by atoms with Crippen LogP contribution in [0.5, 0.6) is 0 Å². The SMILES string of the molecule is CC1=C(C(=O)N[C@H](CC(=O)N2C[C@H](O)C[C@H]2[C@H](O)NCCN2CCCC2)CC2=CCCC=C2)C=CCC1O. The molecule has 38 heavy (non-hydrogen) atoms. The molecule has 210 valence electrons. The lowest BCUT2D eigenvalue weighted by Gasteiger charge is -2.31. The Labute approximate surface area is 226 Å². The van der Waals surface area contributed by atoms with Gasteiger partial charge < -0.3 is 30.4 Å². The molecule has 2 aliphatic heterocycles. The van der Waals surface area contributed by atoms with Crippen LogP contribution in [0.25, 0.3) is 0 Å². The van der Waals surface area contributed by atoms with Crippen LogP contribution in [0.3, 0.4) is 0 Å². The zero-order valence-corrected chi connectivity index (χ0v) is 22.5. The minimum atomic E-state index is -0.933. The lowest BCUT2D eigenvalue weighted by atomic mass is 9.94. The van der Waals surface area contributed by atoms with E-state index in [1.54, 1.807) is 24.0 Å². The minimum Gasteiger partial charge on any atom is -0.391 e. The molecule has 1 unspecified atom stereocenters. The molecular formula is C29H44N4O5. The van der Waals surface area contributed by atoms with Crippen LogP contribution in [0.1, 0.15) is 58.3 Å². The number of carbonyl (C=O) groups excluding carboxylic acids is 2. The number of likely N-dealkylation sites (tertiary alicyclic amines) is 2. The van der Waals surface area contributed by atoms with Crippen molar-refractivity contribution in [1.82, 2.24) is 20.4 Å². The third-order valence-corrected chi connectivity index (χ3v) is 8.11. The summed E-state index contributed by atoms with van der Waals surface area (Å²) in [6.45, 7) is 5.53. The first-order valence-electron chi connectivity index (χ1n) is 14.1. The van der Waals surface area contributed by atoms with E-state index in [9.17, 15) is 24.9 Å². The van der Waals surface area contributed by atoms with Gasteiger partial charge in [-0.15, -0.1) is 0 Å². The molecule has 0 saturated carbocycles. The fourth-order valence-electron chi connectivity index (χ4n) is 5.87. The Morgan fingerprint density at radius 1 is 1.13 bits per heavy atom. The highest BCUT2D eigenvalue weighted by Crippen LogP contribution is 2.25. The van der Waals surface area contributed by atoms with Crippen LogP contribution in [0.15, 0.2) is 47.1 Å². The van der Waals surface area contributed by atoms with Crippen LogP contribution >= 0.6 is 0 Å². The molecule has 0 radical (unpaired) electrons. The van der Waals surface area contributed by atoms with E-state index in [0.717, 1.165) is 38.0 Å². The Morgan fingerprint density at radius 2 is 1.92 bits per heavy atom. The maximum absolute atomic E-state index is 13.5. The highest BCUT2D eigenvalue weighted by molar-refractivity contribution is 5.97. The number of amides is 2. The standard InChI is InChI=1S/C29H44N4O5/c1-20-24(10-7-11-26(20)35)28(37)31-22(16-21-8-3-2-4-9-21)17-27(36)33-19-23(34)18-25(33)29(38)30-12-15-32-13-5-6-14-32/h3,7-10,22-23,25-26,29-30,34-35,38H,2,4-6,11-19H2,1H3,(H,31,37)/t22-,23+,25-,26?,29-/m0/s1. The zero-order chi connectivity index (χ0) is 27.1. The van der Waals surface area contributed by atoms with E-state index in [-0.39, 0.29) is 24.8 Å². The number of nitrogens with one attached hydrogen (secondary N) is 2.